The molecule has 6 heteroatoms. The van der Waals surface area contributed by atoms with Gasteiger partial charge in [0.2, 0.25) is 0 Å². The average Bonchev–Trinajstić information content (AvgIpc) is 2.71. The van der Waals surface area contributed by atoms with Gasteiger partial charge in [-0.25, -0.2) is 4.79 Å². The Hall–Kier alpha value is -1.30. The molecule has 2 rings (SSSR count). The molecule has 0 aromatic rings. The van der Waals surface area contributed by atoms with E-state index in [1.165, 1.54) is 0 Å². The molecule has 2 heterocycles. The second kappa shape index (κ2) is 5.83. The Morgan fingerprint density at radius 1 is 1.24 bits per heavy atom. The monoisotopic (exact) mass is 298 g/mol. The predicted molar refractivity (Wildman–Crippen MR) is 77.9 cm³/mol. The van der Waals surface area contributed by atoms with Crippen LogP contribution < -0.4 is 0 Å². The largest absolute Gasteiger partial charge is 0.464 e. The first-order valence-electron chi connectivity index (χ1n) is 7.61. The van der Waals surface area contributed by atoms with Crippen LogP contribution in [0.25, 0.3) is 0 Å². The van der Waals surface area contributed by atoms with E-state index in [1.54, 1.807) is 4.90 Å². The zero-order valence-corrected chi connectivity index (χ0v) is 13.6. The zero-order chi connectivity index (χ0) is 15.8. The minimum atomic E-state index is -0.497. The van der Waals surface area contributed by atoms with Crippen molar-refractivity contribution < 1.29 is 19.1 Å². The summed E-state index contributed by atoms with van der Waals surface area (Å²) in [4.78, 5) is 28.0. The fourth-order valence-corrected chi connectivity index (χ4v) is 3.11. The molecule has 2 fully saturated rings. The summed E-state index contributed by atoms with van der Waals surface area (Å²) in [5.41, 5.74) is -0.497. The molecule has 0 bridgehead atoms. The SMILES string of the molecule is CC1CN(C2CCOC2=O)CC(C)N1C(=O)OC(C)(C)C. The smallest absolute Gasteiger partial charge is 0.410 e. The van der Waals surface area contributed by atoms with Gasteiger partial charge >= 0.3 is 12.1 Å². The van der Waals surface area contributed by atoms with Crippen LogP contribution in [0.3, 0.4) is 0 Å². The summed E-state index contributed by atoms with van der Waals surface area (Å²) in [5, 5.41) is 0. The molecule has 3 unspecified atom stereocenters. The third kappa shape index (κ3) is 3.67. The lowest BCUT2D eigenvalue weighted by atomic mass is 10.1. The van der Waals surface area contributed by atoms with Gasteiger partial charge in [-0.15, -0.1) is 0 Å². The Labute approximate surface area is 126 Å². The van der Waals surface area contributed by atoms with Gasteiger partial charge in [0.05, 0.1) is 6.61 Å². The number of hydrogen-bond acceptors (Lipinski definition) is 5. The van der Waals surface area contributed by atoms with Crippen LogP contribution in [0.4, 0.5) is 4.79 Å². The number of esters is 1. The van der Waals surface area contributed by atoms with Gasteiger partial charge in [0.25, 0.3) is 0 Å². The van der Waals surface area contributed by atoms with Crippen molar-refractivity contribution in [3.8, 4) is 0 Å². The molecule has 0 aromatic heterocycles. The molecule has 2 aliphatic heterocycles. The van der Waals surface area contributed by atoms with Crippen molar-refractivity contribution in [2.24, 2.45) is 0 Å². The first-order chi connectivity index (χ1) is 9.69. The fraction of sp³-hybridized carbons (Fsp3) is 0.867. The lowest BCUT2D eigenvalue weighted by Gasteiger charge is -2.45. The minimum absolute atomic E-state index is 0.0111. The first-order valence-corrected chi connectivity index (χ1v) is 7.61. The van der Waals surface area contributed by atoms with Crippen molar-refractivity contribution >= 4 is 12.1 Å². The number of hydrogen-bond donors (Lipinski definition) is 0. The predicted octanol–water partition coefficient (Wildman–Crippen LogP) is 1.63. The highest BCUT2D eigenvalue weighted by Gasteiger charge is 2.41. The topological polar surface area (TPSA) is 59.1 Å². The molecule has 6 nitrogen and oxygen atoms in total. The maximum Gasteiger partial charge on any atom is 0.410 e. The Bertz CT molecular complexity index is 406. The Morgan fingerprint density at radius 3 is 2.24 bits per heavy atom. The van der Waals surface area contributed by atoms with Crippen molar-refractivity contribution in [3.63, 3.8) is 0 Å². The number of nitrogens with zero attached hydrogens (tertiary/aromatic N) is 2. The van der Waals surface area contributed by atoms with E-state index in [4.69, 9.17) is 9.47 Å². The van der Waals surface area contributed by atoms with Crippen LogP contribution in [0, 0.1) is 0 Å². The van der Waals surface area contributed by atoms with E-state index in [1.807, 2.05) is 34.6 Å². The molecule has 2 saturated heterocycles. The molecule has 120 valence electrons. The van der Waals surface area contributed by atoms with Crippen LogP contribution in [0.15, 0.2) is 0 Å². The van der Waals surface area contributed by atoms with Gasteiger partial charge in [0.1, 0.15) is 11.6 Å². The quantitative estimate of drug-likeness (QED) is 0.689. The second-order valence-corrected chi connectivity index (χ2v) is 7.01. The van der Waals surface area contributed by atoms with Crippen LogP contribution in [-0.2, 0) is 14.3 Å². The van der Waals surface area contributed by atoms with Crippen LogP contribution in [0.1, 0.15) is 41.0 Å². The average molecular weight is 298 g/mol. The van der Waals surface area contributed by atoms with Crippen molar-refractivity contribution in [2.75, 3.05) is 19.7 Å². The third-order valence-electron chi connectivity index (χ3n) is 3.90. The van der Waals surface area contributed by atoms with Gasteiger partial charge in [-0.3, -0.25) is 9.69 Å². The molecule has 0 radical (unpaired) electrons. The van der Waals surface area contributed by atoms with Crippen LogP contribution in [0.2, 0.25) is 0 Å². The molecular formula is C15H26N2O4. The first kappa shape index (κ1) is 16.1. The Balaban J connectivity index is 2.02. The van der Waals surface area contributed by atoms with E-state index in [0.717, 1.165) is 6.42 Å². The molecule has 1 amide bonds. The molecular weight excluding hydrogens is 272 g/mol. The Morgan fingerprint density at radius 2 is 1.81 bits per heavy atom. The molecule has 0 aliphatic carbocycles. The van der Waals surface area contributed by atoms with Crippen LogP contribution in [-0.4, -0.2) is 65.3 Å². The molecule has 2 aliphatic rings. The standard InChI is InChI=1S/C15H26N2O4/c1-10-8-16(12-6-7-20-13(12)18)9-11(2)17(10)14(19)21-15(3,4)5/h10-12H,6-9H2,1-5H3. The highest BCUT2D eigenvalue weighted by molar-refractivity contribution is 5.77. The van der Waals surface area contributed by atoms with Gasteiger partial charge in [-0.05, 0) is 34.6 Å². The van der Waals surface area contributed by atoms with E-state index in [9.17, 15) is 9.59 Å². The normalized spacial score (nSPS) is 31.2. The zero-order valence-electron chi connectivity index (χ0n) is 13.6. The van der Waals surface area contributed by atoms with Gasteiger partial charge in [0.15, 0.2) is 0 Å². The number of ether oxygens (including phenoxy) is 2. The summed E-state index contributed by atoms with van der Waals surface area (Å²) in [6, 6.07) is -0.135. The van der Waals surface area contributed by atoms with Gasteiger partial charge < -0.3 is 14.4 Å². The van der Waals surface area contributed by atoms with E-state index < -0.39 is 5.60 Å². The summed E-state index contributed by atoms with van der Waals surface area (Å²) in [6.45, 7) is 11.4. The molecule has 21 heavy (non-hydrogen) atoms. The minimum Gasteiger partial charge on any atom is -0.464 e. The number of piperazine rings is 1. The maximum absolute atomic E-state index is 12.3. The molecule has 0 aromatic carbocycles. The number of cyclic esters (lactones) is 1. The highest BCUT2D eigenvalue weighted by Crippen LogP contribution is 2.24. The summed E-state index contributed by atoms with van der Waals surface area (Å²) < 4.78 is 10.5. The maximum atomic E-state index is 12.3. The summed E-state index contributed by atoms with van der Waals surface area (Å²) in [6.07, 6.45) is 0.459. The van der Waals surface area contributed by atoms with Gasteiger partial charge in [0, 0.05) is 31.6 Å². The van der Waals surface area contributed by atoms with E-state index >= 15 is 0 Å². The molecule has 0 N–H and O–H groups in total. The summed E-state index contributed by atoms with van der Waals surface area (Å²) in [5.74, 6) is -0.139. The number of amides is 1. The van der Waals surface area contributed by atoms with E-state index in [2.05, 4.69) is 4.90 Å². The fourth-order valence-electron chi connectivity index (χ4n) is 3.11. The van der Waals surface area contributed by atoms with Crippen molar-refractivity contribution in [3.05, 3.63) is 0 Å². The van der Waals surface area contributed by atoms with Crippen molar-refractivity contribution in [2.45, 2.75) is 64.8 Å². The van der Waals surface area contributed by atoms with E-state index in [-0.39, 0.29) is 30.2 Å². The summed E-state index contributed by atoms with van der Waals surface area (Å²) >= 11 is 0. The second-order valence-electron chi connectivity index (χ2n) is 7.01. The summed E-state index contributed by atoms with van der Waals surface area (Å²) in [7, 11) is 0. The van der Waals surface area contributed by atoms with Gasteiger partial charge in [-0.2, -0.15) is 0 Å². The van der Waals surface area contributed by atoms with Gasteiger partial charge in [-0.1, -0.05) is 0 Å². The lowest BCUT2D eigenvalue weighted by Crippen LogP contribution is -2.61. The molecule has 0 spiro atoms. The van der Waals surface area contributed by atoms with Crippen molar-refractivity contribution in [1.29, 1.82) is 0 Å². The third-order valence-corrected chi connectivity index (χ3v) is 3.90. The van der Waals surface area contributed by atoms with Crippen LogP contribution in [0.5, 0.6) is 0 Å². The number of rotatable bonds is 1. The van der Waals surface area contributed by atoms with Crippen LogP contribution >= 0.6 is 0 Å². The molecule has 0 saturated carbocycles. The number of carbonyl (C=O) groups excluding carboxylic acids is 2. The Kier molecular flexibility index (Phi) is 4.46. The lowest BCUT2D eigenvalue weighted by molar-refractivity contribution is -0.143. The van der Waals surface area contributed by atoms with Crippen molar-refractivity contribution in [1.82, 2.24) is 9.80 Å². The number of carbonyl (C=O) groups is 2. The molecule has 3 atom stereocenters. The van der Waals surface area contributed by atoms with E-state index in [0.29, 0.717) is 19.7 Å². The highest BCUT2D eigenvalue weighted by atomic mass is 16.6.